The molecular weight excluding hydrogens is 272 g/mol. The van der Waals surface area contributed by atoms with Crippen molar-refractivity contribution < 1.29 is 19.1 Å². The highest BCUT2D eigenvalue weighted by molar-refractivity contribution is 5.99. The monoisotopic (exact) mass is 292 g/mol. The molecule has 1 unspecified atom stereocenters. The van der Waals surface area contributed by atoms with E-state index in [0.29, 0.717) is 11.5 Å². The van der Waals surface area contributed by atoms with Gasteiger partial charge >= 0.3 is 0 Å². The Morgan fingerprint density at radius 1 is 1.43 bits per heavy atom. The summed E-state index contributed by atoms with van der Waals surface area (Å²) in [4.78, 5) is 16.6. The molecule has 1 N–H and O–H groups in total. The summed E-state index contributed by atoms with van der Waals surface area (Å²) < 4.78 is 10.6. The molecule has 1 heterocycles. The third kappa shape index (κ3) is 4.11. The molecule has 1 aliphatic rings. The number of hydrogen-bond acceptors (Lipinski definition) is 5. The van der Waals surface area contributed by atoms with Gasteiger partial charge in [0.25, 0.3) is 5.91 Å². The third-order valence-corrected chi connectivity index (χ3v) is 3.21. The zero-order valence-electron chi connectivity index (χ0n) is 12.5. The average Bonchev–Trinajstić information content (AvgIpc) is 2.94. The van der Waals surface area contributed by atoms with Crippen LogP contribution in [-0.4, -0.2) is 31.1 Å². The first-order chi connectivity index (χ1) is 10.1. The van der Waals surface area contributed by atoms with Crippen LogP contribution < -0.4 is 14.8 Å². The predicted molar refractivity (Wildman–Crippen MR) is 78.6 cm³/mol. The minimum Gasteiger partial charge on any atom is -0.454 e. The number of carbonyl (C=O) groups excluding carboxylic acids is 1. The summed E-state index contributed by atoms with van der Waals surface area (Å²) in [6, 6.07) is 5.67. The lowest BCUT2D eigenvalue weighted by atomic mass is 10.1. The largest absolute Gasteiger partial charge is 0.454 e. The molecule has 0 aliphatic carbocycles. The fraction of sp³-hybridized carbons (Fsp3) is 0.467. The smallest absolute Gasteiger partial charge is 0.260 e. The summed E-state index contributed by atoms with van der Waals surface area (Å²) >= 11 is 0. The molecule has 21 heavy (non-hydrogen) atoms. The van der Waals surface area contributed by atoms with E-state index in [1.807, 2.05) is 39.0 Å². The molecule has 6 heteroatoms. The van der Waals surface area contributed by atoms with Crippen molar-refractivity contribution in [3.05, 3.63) is 23.8 Å². The van der Waals surface area contributed by atoms with Crippen LogP contribution in [0.25, 0.3) is 0 Å². The van der Waals surface area contributed by atoms with Gasteiger partial charge in [0.1, 0.15) is 0 Å². The fourth-order valence-electron chi connectivity index (χ4n) is 1.78. The van der Waals surface area contributed by atoms with Crippen LogP contribution in [0.1, 0.15) is 32.8 Å². The van der Waals surface area contributed by atoms with E-state index in [1.165, 1.54) is 0 Å². The van der Waals surface area contributed by atoms with E-state index in [0.717, 1.165) is 17.7 Å². The zero-order chi connectivity index (χ0) is 15.2. The fourth-order valence-corrected chi connectivity index (χ4v) is 1.78. The number of hydrogen-bond donors (Lipinski definition) is 1. The number of amides is 1. The first-order valence-corrected chi connectivity index (χ1v) is 6.96. The predicted octanol–water partition coefficient (Wildman–Crippen LogP) is 2.07. The summed E-state index contributed by atoms with van der Waals surface area (Å²) in [5, 5.41) is 6.76. The van der Waals surface area contributed by atoms with E-state index in [-0.39, 0.29) is 25.3 Å². The normalized spacial score (nSPS) is 14.7. The number of rotatable bonds is 6. The molecule has 0 saturated carbocycles. The molecule has 0 aromatic heterocycles. The van der Waals surface area contributed by atoms with Gasteiger partial charge in [-0.3, -0.25) is 4.79 Å². The van der Waals surface area contributed by atoms with Crippen LogP contribution in [0, 0.1) is 0 Å². The first kappa shape index (κ1) is 15.2. The van der Waals surface area contributed by atoms with Gasteiger partial charge in [0.15, 0.2) is 18.1 Å². The number of ether oxygens (including phenoxy) is 2. The molecule has 1 aromatic carbocycles. The summed E-state index contributed by atoms with van der Waals surface area (Å²) in [6.07, 6.45) is 0.880. The van der Waals surface area contributed by atoms with Crippen molar-refractivity contribution in [1.82, 2.24) is 5.32 Å². The average molecular weight is 292 g/mol. The van der Waals surface area contributed by atoms with Crippen molar-refractivity contribution in [2.45, 2.75) is 33.2 Å². The number of oxime groups is 1. The third-order valence-electron chi connectivity index (χ3n) is 3.21. The minimum atomic E-state index is -0.174. The second-order valence-corrected chi connectivity index (χ2v) is 4.89. The van der Waals surface area contributed by atoms with Crippen LogP contribution in [0.5, 0.6) is 11.5 Å². The Morgan fingerprint density at radius 3 is 2.95 bits per heavy atom. The Kier molecular flexibility index (Phi) is 5.03. The first-order valence-electron chi connectivity index (χ1n) is 6.96. The highest BCUT2D eigenvalue weighted by Gasteiger charge is 2.14. The maximum Gasteiger partial charge on any atom is 0.260 e. The van der Waals surface area contributed by atoms with E-state index in [4.69, 9.17) is 14.3 Å². The molecule has 114 valence electrons. The Balaban J connectivity index is 1.88. The maximum atomic E-state index is 11.5. The summed E-state index contributed by atoms with van der Waals surface area (Å²) in [6.45, 7) is 5.91. The lowest BCUT2D eigenvalue weighted by molar-refractivity contribution is -0.126. The minimum absolute atomic E-state index is 0.0910. The van der Waals surface area contributed by atoms with Gasteiger partial charge in [-0.1, -0.05) is 12.1 Å². The molecule has 2 rings (SSSR count). The molecule has 1 amide bonds. The molecule has 1 aliphatic heterocycles. The van der Waals surface area contributed by atoms with Crippen LogP contribution in [0.4, 0.5) is 0 Å². The SMILES string of the molecule is CCC(C)NC(=O)CO/N=C(\C)c1ccc2c(c1)OCO2. The van der Waals surface area contributed by atoms with Crippen LogP contribution in [0.2, 0.25) is 0 Å². The van der Waals surface area contributed by atoms with Crippen molar-refractivity contribution >= 4 is 11.6 Å². The molecular formula is C15H20N2O4. The molecule has 0 fully saturated rings. The lowest BCUT2D eigenvalue weighted by Crippen LogP contribution is -2.34. The Labute approximate surface area is 124 Å². The Hall–Kier alpha value is -2.24. The van der Waals surface area contributed by atoms with Crippen molar-refractivity contribution in [3.8, 4) is 11.5 Å². The topological polar surface area (TPSA) is 69.2 Å². The number of nitrogens with zero attached hydrogens (tertiary/aromatic N) is 1. The molecule has 0 bridgehead atoms. The van der Waals surface area contributed by atoms with Gasteiger partial charge < -0.3 is 19.6 Å². The van der Waals surface area contributed by atoms with Gasteiger partial charge in [0, 0.05) is 11.6 Å². The summed E-state index contributed by atoms with van der Waals surface area (Å²) in [7, 11) is 0. The second-order valence-electron chi connectivity index (χ2n) is 4.89. The van der Waals surface area contributed by atoms with Gasteiger partial charge in [0.2, 0.25) is 6.79 Å². The Bertz CT molecular complexity index is 542. The van der Waals surface area contributed by atoms with E-state index in [2.05, 4.69) is 10.5 Å². The van der Waals surface area contributed by atoms with E-state index < -0.39 is 0 Å². The lowest BCUT2D eigenvalue weighted by Gasteiger charge is -2.10. The number of benzene rings is 1. The van der Waals surface area contributed by atoms with Gasteiger partial charge in [-0.25, -0.2) is 0 Å². The Morgan fingerprint density at radius 2 is 2.19 bits per heavy atom. The van der Waals surface area contributed by atoms with Crippen LogP contribution in [0.15, 0.2) is 23.4 Å². The summed E-state index contributed by atoms with van der Waals surface area (Å²) in [5.74, 6) is 1.24. The van der Waals surface area contributed by atoms with E-state index >= 15 is 0 Å². The number of nitrogens with one attached hydrogen (secondary N) is 1. The molecule has 1 atom stereocenters. The van der Waals surface area contributed by atoms with Crippen LogP contribution >= 0.6 is 0 Å². The van der Waals surface area contributed by atoms with Crippen molar-refractivity contribution in [1.29, 1.82) is 0 Å². The van der Waals surface area contributed by atoms with E-state index in [1.54, 1.807) is 0 Å². The van der Waals surface area contributed by atoms with Crippen LogP contribution in [-0.2, 0) is 9.63 Å². The van der Waals surface area contributed by atoms with Gasteiger partial charge in [-0.05, 0) is 38.5 Å². The highest BCUT2D eigenvalue weighted by Crippen LogP contribution is 2.32. The van der Waals surface area contributed by atoms with Gasteiger partial charge in [-0.15, -0.1) is 0 Å². The van der Waals surface area contributed by atoms with Gasteiger partial charge in [0.05, 0.1) is 5.71 Å². The molecule has 0 radical (unpaired) electrons. The molecule has 0 spiro atoms. The van der Waals surface area contributed by atoms with Crippen molar-refractivity contribution in [2.24, 2.45) is 5.16 Å². The zero-order valence-corrected chi connectivity index (χ0v) is 12.5. The van der Waals surface area contributed by atoms with Crippen molar-refractivity contribution in [2.75, 3.05) is 13.4 Å². The summed E-state index contributed by atoms with van der Waals surface area (Å²) in [5.41, 5.74) is 1.53. The number of carbonyl (C=O) groups is 1. The maximum absolute atomic E-state index is 11.5. The van der Waals surface area contributed by atoms with Gasteiger partial charge in [-0.2, -0.15) is 0 Å². The highest BCUT2D eigenvalue weighted by atomic mass is 16.7. The quantitative estimate of drug-likeness (QED) is 0.643. The van der Waals surface area contributed by atoms with Crippen molar-refractivity contribution in [3.63, 3.8) is 0 Å². The van der Waals surface area contributed by atoms with E-state index in [9.17, 15) is 4.79 Å². The van der Waals surface area contributed by atoms with Crippen LogP contribution in [0.3, 0.4) is 0 Å². The molecule has 1 aromatic rings. The number of fused-ring (bicyclic) bond motifs is 1. The second kappa shape index (κ2) is 6.97. The molecule has 6 nitrogen and oxygen atoms in total. The standard InChI is InChI=1S/C15H20N2O4/c1-4-10(2)16-15(18)8-21-17-11(3)12-5-6-13-14(7-12)20-9-19-13/h5-7,10H,4,8-9H2,1-3H3,(H,16,18)/b17-11+. The molecule has 0 saturated heterocycles.